The number of esters is 1. The lowest BCUT2D eigenvalue weighted by Gasteiger charge is -2.11. The van der Waals surface area contributed by atoms with Gasteiger partial charge >= 0.3 is 5.97 Å². The average molecular weight is 266 g/mol. The van der Waals surface area contributed by atoms with E-state index in [1.165, 1.54) is 0 Å². The summed E-state index contributed by atoms with van der Waals surface area (Å²) in [5.41, 5.74) is -0.891. The van der Waals surface area contributed by atoms with Crippen LogP contribution in [0.15, 0.2) is 6.20 Å². The Labute approximate surface area is 101 Å². The van der Waals surface area contributed by atoms with Gasteiger partial charge in [0.25, 0.3) is 6.43 Å². The zero-order chi connectivity index (χ0) is 13.0. The van der Waals surface area contributed by atoms with Crippen molar-refractivity contribution in [2.75, 3.05) is 6.61 Å². The second-order valence-corrected chi connectivity index (χ2v) is 3.47. The normalized spacial score (nSPS) is 10.6. The van der Waals surface area contributed by atoms with Crippen molar-refractivity contribution in [2.24, 2.45) is 0 Å². The largest absolute Gasteiger partial charge is 0.506 e. The number of aromatic nitrogens is 1. The summed E-state index contributed by atoms with van der Waals surface area (Å²) in [6, 6.07) is 0. The van der Waals surface area contributed by atoms with Gasteiger partial charge < -0.3 is 9.84 Å². The number of hydrogen-bond acceptors (Lipinski definition) is 4. The van der Waals surface area contributed by atoms with Gasteiger partial charge in [-0.05, 0) is 6.92 Å². The Bertz CT molecular complexity index is 426. The van der Waals surface area contributed by atoms with Crippen LogP contribution in [0.1, 0.15) is 24.5 Å². The summed E-state index contributed by atoms with van der Waals surface area (Å²) in [5, 5.41) is 8.99. The highest BCUT2D eigenvalue weighted by Gasteiger charge is 2.23. The van der Waals surface area contributed by atoms with Gasteiger partial charge in [0.2, 0.25) is 0 Å². The van der Waals surface area contributed by atoms with E-state index in [1.54, 1.807) is 6.92 Å². The van der Waals surface area contributed by atoms with Crippen LogP contribution in [0, 0.1) is 0 Å². The topological polar surface area (TPSA) is 59.4 Å². The monoisotopic (exact) mass is 265 g/mol. The number of rotatable bonds is 4. The van der Waals surface area contributed by atoms with Gasteiger partial charge in [0.05, 0.1) is 24.8 Å². The first-order valence-electron chi connectivity index (χ1n) is 4.77. The molecular formula is C10H10ClF2NO3. The van der Waals surface area contributed by atoms with Crippen LogP contribution in [0.5, 0.6) is 5.75 Å². The van der Waals surface area contributed by atoms with Crippen LogP contribution in [0.2, 0.25) is 5.15 Å². The van der Waals surface area contributed by atoms with Crippen molar-refractivity contribution >= 4 is 17.6 Å². The molecule has 0 amide bonds. The van der Waals surface area contributed by atoms with E-state index in [4.69, 9.17) is 11.6 Å². The molecule has 0 radical (unpaired) electrons. The smallest absolute Gasteiger partial charge is 0.310 e. The highest BCUT2D eigenvalue weighted by molar-refractivity contribution is 6.30. The third-order valence-electron chi connectivity index (χ3n) is 2.00. The lowest BCUT2D eigenvalue weighted by Crippen LogP contribution is -2.10. The summed E-state index contributed by atoms with van der Waals surface area (Å²) < 4.78 is 30.1. The fourth-order valence-corrected chi connectivity index (χ4v) is 1.54. The van der Waals surface area contributed by atoms with Gasteiger partial charge in [-0.25, -0.2) is 13.8 Å². The highest BCUT2D eigenvalue weighted by atomic mass is 35.5. The Morgan fingerprint density at radius 3 is 2.82 bits per heavy atom. The summed E-state index contributed by atoms with van der Waals surface area (Å²) in [6.07, 6.45) is -2.48. The van der Waals surface area contributed by atoms with Crippen LogP contribution in [-0.2, 0) is 16.0 Å². The summed E-state index contributed by atoms with van der Waals surface area (Å²) in [5.74, 6) is -1.22. The lowest BCUT2D eigenvalue weighted by atomic mass is 10.1. The maximum Gasteiger partial charge on any atom is 0.310 e. The number of carbonyl (C=O) groups is 1. The van der Waals surface area contributed by atoms with Gasteiger partial charge in [0.1, 0.15) is 10.9 Å². The van der Waals surface area contributed by atoms with Gasteiger partial charge in [-0.15, -0.1) is 0 Å². The van der Waals surface area contributed by atoms with Crippen molar-refractivity contribution < 1.29 is 23.4 Å². The van der Waals surface area contributed by atoms with Crippen LogP contribution < -0.4 is 0 Å². The second kappa shape index (κ2) is 5.77. The van der Waals surface area contributed by atoms with Crippen molar-refractivity contribution in [2.45, 2.75) is 19.8 Å². The molecule has 17 heavy (non-hydrogen) atoms. The second-order valence-electron chi connectivity index (χ2n) is 3.11. The summed E-state index contributed by atoms with van der Waals surface area (Å²) in [7, 11) is 0. The minimum absolute atomic E-state index is 0.127. The van der Waals surface area contributed by atoms with Gasteiger partial charge in [-0.2, -0.15) is 0 Å². The molecule has 0 bridgehead atoms. The van der Waals surface area contributed by atoms with Crippen LogP contribution in [0.25, 0.3) is 0 Å². The molecule has 0 fully saturated rings. The maximum atomic E-state index is 12.7. The fraction of sp³-hybridized carbons (Fsp3) is 0.400. The minimum atomic E-state index is -2.92. The standard InChI is InChI=1S/C10H10ClF2NO3/c1-2-17-7(16)3-5-6(15)4-14-9(11)8(5)10(12)13/h4,10,15H,2-3H2,1H3. The predicted octanol–water partition coefficient (Wildman–Crippen LogP) is 2.48. The molecular weight excluding hydrogens is 256 g/mol. The van der Waals surface area contributed by atoms with E-state index in [-0.39, 0.29) is 12.2 Å². The van der Waals surface area contributed by atoms with Gasteiger partial charge in [0, 0.05) is 5.56 Å². The molecule has 0 unspecified atom stereocenters. The number of hydrogen-bond donors (Lipinski definition) is 1. The summed E-state index contributed by atoms with van der Waals surface area (Å²) in [6.45, 7) is 1.72. The molecule has 0 atom stereocenters. The average Bonchev–Trinajstić information content (AvgIpc) is 2.23. The number of aromatic hydroxyl groups is 1. The Hall–Kier alpha value is -1.43. The molecule has 0 saturated heterocycles. The Morgan fingerprint density at radius 2 is 2.29 bits per heavy atom. The van der Waals surface area contributed by atoms with Crippen LogP contribution in [-0.4, -0.2) is 22.7 Å². The first-order chi connectivity index (χ1) is 7.97. The van der Waals surface area contributed by atoms with Gasteiger partial charge in [-0.1, -0.05) is 11.6 Å². The molecule has 4 nitrogen and oxygen atoms in total. The third-order valence-corrected chi connectivity index (χ3v) is 2.30. The summed E-state index contributed by atoms with van der Waals surface area (Å²) >= 11 is 5.50. The van der Waals surface area contributed by atoms with E-state index < -0.39 is 35.3 Å². The maximum absolute atomic E-state index is 12.7. The SMILES string of the molecule is CCOC(=O)Cc1c(O)cnc(Cl)c1C(F)F. The zero-order valence-electron chi connectivity index (χ0n) is 8.91. The summed E-state index contributed by atoms with van der Waals surface area (Å²) in [4.78, 5) is 14.6. The number of alkyl halides is 2. The molecule has 1 aromatic heterocycles. The van der Waals surface area contributed by atoms with Crippen molar-refractivity contribution in [1.82, 2.24) is 4.98 Å². The third kappa shape index (κ3) is 3.26. The van der Waals surface area contributed by atoms with Crippen LogP contribution in [0.3, 0.4) is 0 Å². The Balaban J connectivity index is 3.12. The predicted molar refractivity (Wildman–Crippen MR) is 56.2 cm³/mol. The van der Waals surface area contributed by atoms with Crippen molar-refractivity contribution in [3.05, 3.63) is 22.5 Å². The first kappa shape index (κ1) is 13.6. The van der Waals surface area contributed by atoms with Crippen molar-refractivity contribution in [3.63, 3.8) is 0 Å². The molecule has 0 aromatic carbocycles. The van der Waals surface area contributed by atoms with Crippen LogP contribution >= 0.6 is 11.6 Å². The Kier molecular flexibility index (Phi) is 4.62. The van der Waals surface area contributed by atoms with Gasteiger partial charge in [0.15, 0.2) is 0 Å². The molecule has 1 N–H and O–H groups in total. The number of ether oxygens (including phenoxy) is 1. The molecule has 7 heteroatoms. The first-order valence-corrected chi connectivity index (χ1v) is 5.15. The van der Waals surface area contributed by atoms with Crippen molar-refractivity contribution in [1.29, 1.82) is 0 Å². The molecule has 94 valence electrons. The zero-order valence-corrected chi connectivity index (χ0v) is 9.67. The van der Waals surface area contributed by atoms with E-state index in [0.717, 1.165) is 6.20 Å². The van der Waals surface area contributed by atoms with E-state index in [2.05, 4.69) is 9.72 Å². The molecule has 0 aliphatic heterocycles. The molecule has 0 aliphatic rings. The number of carbonyl (C=O) groups excluding carboxylic acids is 1. The van der Waals surface area contributed by atoms with Crippen LogP contribution in [0.4, 0.5) is 8.78 Å². The van der Waals surface area contributed by atoms with E-state index in [9.17, 15) is 18.7 Å². The molecule has 1 aromatic rings. The minimum Gasteiger partial charge on any atom is -0.506 e. The Morgan fingerprint density at radius 1 is 1.65 bits per heavy atom. The molecule has 1 rings (SSSR count). The van der Waals surface area contributed by atoms with E-state index in [1.807, 2.05) is 0 Å². The number of pyridine rings is 1. The number of halogens is 3. The molecule has 1 heterocycles. The van der Waals surface area contributed by atoms with E-state index in [0.29, 0.717) is 0 Å². The quantitative estimate of drug-likeness (QED) is 0.671. The van der Waals surface area contributed by atoms with E-state index >= 15 is 0 Å². The molecule has 0 aliphatic carbocycles. The molecule has 0 spiro atoms. The number of nitrogens with zero attached hydrogens (tertiary/aromatic N) is 1. The fourth-order valence-electron chi connectivity index (χ4n) is 1.29. The molecule has 0 saturated carbocycles. The highest BCUT2D eigenvalue weighted by Crippen LogP contribution is 2.33. The van der Waals surface area contributed by atoms with Crippen molar-refractivity contribution in [3.8, 4) is 5.75 Å². The van der Waals surface area contributed by atoms with Gasteiger partial charge in [-0.3, -0.25) is 4.79 Å². The lowest BCUT2D eigenvalue weighted by molar-refractivity contribution is -0.142.